The van der Waals surface area contributed by atoms with E-state index >= 15 is 0 Å². The number of carbonyl (C=O) groups excluding carboxylic acids is 1. The van der Waals surface area contributed by atoms with Gasteiger partial charge < -0.3 is 14.3 Å². The summed E-state index contributed by atoms with van der Waals surface area (Å²) >= 11 is 1.55. The average Bonchev–Trinajstić information content (AvgIpc) is 3.26. The van der Waals surface area contributed by atoms with Crippen molar-refractivity contribution in [2.24, 2.45) is 0 Å². The maximum Gasteiger partial charge on any atom is 0.371 e. The zero-order chi connectivity index (χ0) is 18.3. The molecule has 1 amide bonds. The number of ether oxygens (including phenoxy) is 1. The second kappa shape index (κ2) is 6.30. The molecule has 0 fully saturated rings. The van der Waals surface area contributed by atoms with Crippen molar-refractivity contribution in [3.63, 3.8) is 0 Å². The maximum absolute atomic E-state index is 12.4. The molecule has 0 atom stereocenters. The van der Waals surface area contributed by atoms with Gasteiger partial charge in [-0.2, -0.15) is 0 Å². The Kier molecular flexibility index (Phi) is 3.96. The minimum Gasteiger partial charge on any atom is -0.482 e. The second-order valence-corrected chi connectivity index (χ2v) is 6.84. The Balaban J connectivity index is 1.69. The summed E-state index contributed by atoms with van der Waals surface area (Å²) in [4.78, 5) is 29.4. The number of aryl methyl sites for hydroxylation is 1. The molecule has 26 heavy (non-hydrogen) atoms. The first-order valence-electron chi connectivity index (χ1n) is 7.83. The van der Waals surface area contributed by atoms with E-state index in [9.17, 15) is 9.59 Å². The van der Waals surface area contributed by atoms with Crippen LogP contribution in [0.5, 0.6) is 5.75 Å². The molecule has 0 saturated carbocycles. The zero-order valence-corrected chi connectivity index (χ0v) is 14.6. The van der Waals surface area contributed by atoms with Crippen LogP contribution in [0.3, 0.4) is 0 Å². The summed E-state index contributed by atoms with van der Waals surface area (Å²) in [7, 11) is 0. The minimum absolute atomic E-state index is 0.0747. The van der Waals surface area contributed by atoms with Gasteiger partial charge in [0.2, 0.25) is 5.76 Å². The highest BCUT2D eigenvalue weighted by molar-refractivity contribution is 7.09. The maximum atomic E-state index is 12.4. The predicted molar refractivity (Wildman–Crippen MR) is 94.6 cm³/mol. The number of anilines is 1. The van der Waals surface area contributed by atoms with Gasteiger partial charge in [-0.25, -0.2) is 9.78 Å². The number of benzene rings is 1. The molecule has 0 aliphatic carbocycles. The van der Waals surface area contributed by atoms with Crippen LogP contribution in [0.4, 0.5) is 5.69 Å². The Morgan fingerprint density at radius 1 is 1.35 bits per heavy atom. The van der Waals surface area contributed by atoms with Crippen molar-refractivity contribution in [2.45, 2.75) is 13.5 Å². The predicted octanol–water partition coefficient (Wildman–Crippen LogP) is 3.34. The largest absolute Gasteiger partial charge is 0.482 e. The Morgan fingerprint density at radius 2 is 2.19 bits per heavy atom. The number of aromatic nitrogens is 1. The third kappa shape index (κ3) is 2.95. The van der Waals surface area contributed by atoms with Gasteiger partial charge in [0.15, 0.2) is 6.61 Å². The van der Waals surface area contributed by atoms with Gasteiger partial charge in [-0.05, 0) is 37.3 Å². The first-order valence-corrected chi connectivity index (χ1v) is 8.71. The number of fused-ring (bicyclic) bond motifs is 1. The Bertz CT molecular complexity index is 1010. The van der Waals surface area contributed by atoms with Crippen LogP contribution < -0.4 is 9.64 Å². The van der Waals surface area contributed by atoms with Crippen molar-refractivity contribution in [1.82, 2.24) is 4.98 Å². The van der Waals surface area contributed by atoms with Crippen molar-refractivity contribution < 1.29 is 23.8 Å². The number of aromatic carboxylic acids is 1. The molecule has 1 aliphatic rings. The van der Waals surface area contributed by atoms with Crippen LogP contribution in [0.1, 0.15) is 21.3 Å². The molecule has 1 aliphatic heterocycles. The van der Waals surface area contributed by atoms with Crippen molar-refractivity contribution in [3.8, 4) is 17.0 Å². The van der Waals surface area contributed by atoms with E-state index in [0.717, 1.165) is 16.3 Å². The lowest BCUT2D eigenvalue weighted by atomic mass is 10.1. The number of nitrogens with zero attached hydrogens (tertiary/aromatic N) is 2. The number of hydrogen-bond donors (Lipinski definition) is 1. The standard InChI is InChI=1S/C18H14N2O5S/c1-10-19-13(9-26-10)11-2-4-15-14(6-11)20(17(21)8-24-15)7-12-3-5-16(25-12)18(22)23/h2-6,9H,7-8H2,1H3,(H,22,23). The Labute approximate surface area is 152 Å². The van der Waals surface area contributed by atoms with E-state index in [2.05, 4.69) is 4.98 Å². The van der Waals surface area contributed by atoms with E-state index in [1.165, 1.54) is 11.0 Å². The van der Waals surface area contributed by atoms with Crippen LogP contribution in [0.2, 0.25) is 0 Å². The van der Waals surface area contributed by atoms with E-state index < -0.39 is 5.97 Å². The molecule has 7 nitrogen and oxygen atoms in total. The molecule has 8 heteroatoms. The van der Waals surface area contributed by atoms with Gasteiger partial charge in [-0.1, -0.05) is 0 Å². The van der Waals surface area contributed by atoms with E-state index in [-0.39, 0.29) is 24.8 Å². The molecule has 0 saturated heterocycles. The first kappa shape index (κ1) is 16.3. The molecular weight excluding hydrogens is 356 g/mol. The number of furan rings is 1. The van der Waals surface area contributed by atoms with Gasteiger partial charge in [-0.15, -0.1) is 11.3 Å². The van der Waals surface area contributed by atoms with Gasteiger partial charge >= 0.3 is 5.97 Å². The summed E-state index contributed by atoms with van der Waals surface area (Å²) in [5, 5.41) is 11.9. The molecule has 0 unspecified atom stereocenters. The molecule has 4 rings (SSSR count). The molecule has 1 aromatic carbocycles. The Hall–Kier alpha value is -3.13. The summed E-state index contributed by atoms with van der Waals surface area (Å²) < 4.78 is 10.8. The molecule has 2 aromatic heterocycles. The highest BCUT2D eigenvalue weighted by Gasteiger charge is 2.27. The first-order chi connectivity index (χ1) is 12.5. The summed E-state index contributed by atoms with van der Waals surface area (Å²) in [5.41, 5.74) is 2.32. The van der Waals surface area contributed by atoms with E-state index in [1.807, 2.05) is 30.5 Å². The van der Waals surface area contributed by atoms with E-state index in [0.29, 0.717) is 17.2 Å². The lowest BCUT2D eigenvalue weighted by molar-refractivity contribution is -0.121. The molecular formula is C18H14N2O5S. The number of rotatable bonds is 4. The van der Waals surface area contributed by atoms with Crippen molar-refractivity contribution >= 4 is 28.9 Å². The lowest BCUT2D eigenvalue weighted by Gasteiger charge is -2.29. The Morgan fingerprint density at radius 3 is 2.88 bits per heavy atom. The lowest BCUT2D eigenvalue weighted by Crippen LogP contribution is -2.38. The SMILES string of the molecule is Cc1nc(-c2ccc3c(c2)N(Cc2ccc(C(=O)O)o2)C(=O)CO3)cs1. The van der Waals surface area contributed by atoms with Crippen molar-refractivity contribution in [2.75, 3.05) is 11.5 Å². The molecule has 3 aromatic rings. The van der Waals surface area contributed by atoms with Crippen LogP contribution in [-0.2, 0) is 11.3 Å². The number of thiazole rings is 1. The molecule has 132 valence electrons. The summed E-state index contributed by atoms with van der Waals surface area (Å²) in [5.74, 6) is -0.556. The smallest absolute Gasteiger partial charge is 0.371 e. The van der Waals surface area contributed by atoms with E-state index in [1.54, 1.807) is 17.4 Å². The minimum atomic E-state index is -1.15. The topological polar surface area (TPSA) is 92.9 Å². The number of carboxylic acids is 1. The fourth-order valence-corrected chi connectivity index (χ4v) is 3.39. The highest BCUT2D eigenvalue weighted by atomic mass is 32.1. The summed E-state index contributed by atoms with van der Waals surface area (Å²) in [6.07, 6.45) is 0. The average molecular weight is 370 g/mol. The van der Waals surface area contributed by atoms with Gasteiger partial charge in [0.05, 0.1) is 22.9 Å². The quantitative estimate of drug-likeness (QED) is 0.757. The normalized spacial score (nSPS) is 13.4. The number of carbonyl (C=O) groups is 2. The molecule has 3 heterocycles. The molecule has 0 bridgehead atoms. The van der Waals surface area contributed by atoms with Crippen LogP contribution in [0, 0.1) is 6.92 Å². The van der Waals surface area contributed by atoms with Gasteiger partial charge in [0.25, 0.3) is 5.91 Å². The van der Waals surface area contributed by atoms with Crippen LogP contribution >= 0.6 is 11.3 Å². The number of carboxylic acid groups (broad SMARTS) is 1. The fraction of sp³-hybridized carbons (Fsp3) is 0.167. The second-order valence-electron chi connectivity index (χ2n) is 5.77. The van der Waals surface area contributed by atoms with Crippen LogP contribution in [0.25, 0.3) is 11.3 Å². The van der Waals surface area contributed by atoms with Crippen LogP contribution in [-0.4, -0.2) is 28.6 Å². The third-order valence-electron chi connectivity index (χ3n) is 4.00. The fourth-order valence-electron chi connectivity index (χ4n) is 2.76. The summed E-state index contributed by atoms with van der Waals surface area (Å²) in [6.45, 7) is 1.99. The molecule has 0 spiro atoms. The third-order valence-corrected chi connectivity index (χ3v) is 4.78. The monoisotopic (exact) mass is 370 g/mol. The van der Waals surface area contributed by atoms with Crippen molar-refractivity contribution in [1.29, 1.82) is 0 Å². The van der Waals surface area contributed by atoms with Crippen LogP contribution in [0.15, 0.2) is 40.1 Å². The van der Waals surface area contributed by atoms with Gasteiger partial charge in [0.1, 0.15) is 11.5 Å². The summed E-state index contributed by atoms with van der Waals surface area (Å²) in [6, 6.07) is 8.49. The molecule has 1 N–H and O–H groups in total. The zero-order valence-electron chi connectivity index (χ0n) is 13.8. The van der Waals surface area contributed by atoms with E-state index in [4.69, 9.17) is 14.3 Å². The molecule has 0 radical (unpaired) electrons. The number of hydrogen-bond acceptors (Lipinski definition) is 6. The van der Waals surface area contributed by atoms with Gasteiger partial charge in [0, 0.05) is 10.9 Å². The van der Waals surface area contributed by atoms with Crippen molar-refractivity contribution in [3.05, 3.63) is 52.2 Å². The van der Waals surface area contributed by atoms with Gasteiger partial charge in [-0.3, -0.25) is 9.69 Å². The number of amides is 1. The highest BCUT2D eigenvalue weighted by Crippen LogP contribution is 2.37.